The van der Waals surface area contributed by atoms with Crippen molar-refractivity contribution in [1.82, 2.24) is 20.1 Å². The van der Waals surface area contributed by atoms with Crippen LogP contribution in [-0.2, 0) is 13.1 Å². The Bertz CT molecular complexity index is 542. The molecule has 0 bridgehead atoms. The van der Waals surface area contributed by atoms with Crippen LogP contribution in [0.5, 0.6) is 0 Å². The molecule has 0 aliphatic rings. The van der Waals surface area contributed by atoms with Gasteiger partial charge in [-0.05, 0) is 54.4 Å². The Labute approximate surface area is 122 Å². The third-order valence-electron chi connectivity index (χ3n) is 2.60. The minimum absolute atomic E-state index is 0.109. The highest BCUT2D eigenvalue weighted by Gasteiger charge is 2.09. The summed E-state index contributed by atoms with van der Waals surface area (Å²) >= 11 is 3.43. The van der Waals surface area contributed by atoms with E-state index in [0.717, 1.165) is 28.8 Å². The highest BCUT2D eigenvalue weighted by atomic mass is 79.9. The van der Waals surface area contributed by atoms with Gasteiger partial charge < -0.3 is 5.32 Å². The van der Waals surface area contributed by atoms with Gasteiger partial charge in [-0.1, -0.05) is 0 Å². The molecule has 0 aliphatic carbocycles. The highest BCUT2D eigenvalue weighted by molar-refractivity contribution is 9.10. The largest absolute Gasteiger partial charge is 0.306 e. The molecule has 2 aromatic rings. The Hall–Kier alpha value is -1.20. The third kappa shape index (κ3) is 4.76. The molecular weight excluding hydrogens is 304 g/mol. The van der Waals surface area contributed by atoms with Gasteiger partial charge in [0.1, 0.15) is 0 Å². The number of nitrogens with zero attached hydrogens (tertiary/aromatic N) is 3. The van der Waals surface area contributed by atoms with Crippen LogP contribution in [0.25, 0.3) is 0 Å². The number of rotatable bonds is 4. The van der Waals surface area contributed by atoms with Crippen LogP contribution in [0.1, 0.15) is 32.0 Å². The van der Waals surface area contributed by atoms with Crippen LogP contribution in [0.2, 0.25) is 0 Å². The summed E-state index contributed by atoms with van der Waals surface area (Å²) in [6.07, 6.45) is 5.64. The quantitative estimate of drug-likeness (QED) is 0.941. The van der Waals surface area contributed by atoms with Crippen molar-refractivity contribution in [2.45, 2.75) is 39.4 Å². The van der Waals surface area contributed by atoms with Crippen molar-refractivity contribution in [2.24, 2.45) is 0 Å². The van der Waals surface area contributed by atoms with E-state index in [1.807, 2.05) is 23.1 Å². The average molecular weight is 323 g/mol. The summed E-state index contributed by atoms with van der Waals surface area (Å²) in [4.78, 5) is 4.16. The monoisotopic (exact) mass is 322 g/mol. The maximum atomic E-state index is 4.55. The second kappa shape index (κ2) is 5.84. The molecule has 0 saturated heterocycles. The van der Waals surface area contributed by atoms with E-state index in [2.05, 4.69) is 58.2 Å². The zero-order valence-corrected chi connectivity index (χ0v) is 13.1. The van der Waals surface area contributed by atoms with Gasteiger partial charge >= 0.3 is 0 Å². The Morgan fingerprint density at radius 3 is 2.79 bits per heavy atom. The molecule has 0 saturated carbocycles. The van der Waals surface area contributed by atoms with Crippen molar-refractivity contribution in [3.63, 3.8) is 0 Å². The molecular formula is C14H19BrN4. The van der Waals surface area contributed by atoms with E-state index in [1.165, 1.54) is 0 Å². The van der Waals surface area contributed by atoms with Crippen molar-refractivity contribution in [2.75, 3.05) is 0 Å². The van der Waals surface area contributed by atoms with Gasteiger partial charge in [0.2, 0.25) is 0 Å². The predicted octanol–water partition coefficient (Wildman–Crippen LogP) is 2.98. The summed E-state index contributed by atoms with van der Waals surface area (Å²) in [6, 6.07) is 4.10. The molecule has 1 N–H and O–H groups in total. The fourth-order valence-corrected chi connectivity index (χ4v) is 2.08. The van der Waals surface area contributed by atoms with Crippen molar-refractivity contribution in [3.05, 3.63) is 46.5 Å². The lowest BCUT2D eigenvalue weighted by molar-refractivity contribution is 0.419. The Kier molecular flexibility index (Phi) is 4.37. The van der Waals surface area contributed by atoms with Crippen LogP contribution in [0.15, 0.2) is 35.2 Å². The molecule has 19 heavy (non-hydrogen) atoms. The van der Waals surface area contributed by atoms with Crippen molar-refractivity contribution in [1.29, 1.82) is 0 Å². The summed E-state index contributed by atoms with van der Waals surface area (Å²) in [5.41, 5.74) is 2.29. The number of nitrogens with one attached hydrogen (secondary N) is 1. The van der Waals surface area contributed by atoms with E-state index in [1.54, 1.807) is 6.20 Å². The first kappa shape index (κ1) is 14.2. The number of aromatic nitrogens is 3. The smallest absolute Gasteiger partial charge is 0.0762 e. The molecule has 0 amide bonds. The fraction of sp³-hybridized carbons (Fsp3) is 0.429. The van der Waals surface area contributed by atoms with Crippen molar-refractivity contribution in [3.8, 4) is 0 Å². The van der Waals surface area contributed by atoms with E-state index in [0.29, 0.717) is 0 Å². The van der Waals surface area contributed by atoms with Crippen LogP contribution in [-0.4, -0.2) is 20.3 Å². The summed E-state index contributed by atoms with van der Waals surface area (Å²) in [7, 11) is 0. The second-order valence-corrected chi connectivity index (χ2v) is 6.54. The van der Waals surface area contributed by atoms with Gasteiger partial charge in [0.25, 0.3) is 0 Å². The van der Waals surface area contributed by atoms with Crippen molar-refractivity contribution < 1.29 is 0 Å². The molecule has 0 radical (unpaired) electrons. The van der Waals surface area contributed by atoms with E-state index in [9.17, 15) is 0 Å². The van der Waals surface area contributed by atoms with E-state index in [4.69, 9.17) is 0 Å². The number of pyridine rings is 1. The zero-order chi connectivity index (χ0) is 13.9. The van der Waals surface area contributed by atoms with Crippen LogP contribution in [0.3, 0.4) is 0 Å². The molecule has 4 nitrogen and oxygen atoms in total. The molecule has 2 rings (SSSR count). The minimum atomic E-state index is 0.109. The van der Waals surface area contributed by atoms with Gasteiger partial charge in [-0.3, -0.25) is 9.67 Å². The molecule has 102 valence electrons. The fourth-order valence-electron chi connectivity index (χ4n) is 1.67. The van der Waals surface area contributed by atoms with Gasteiger partial charge in [-0.15, -0.1) is 0 Å². The maximum absolute atomic E-state index is 4.55. The Morgan fingerprint density at radius 2 is 2.11 bits per heavy atom. The third-order valence-corrected chi connectivity index (χ3v) is 3.04. The standard InChI is InChI=1S/C14H19BrN4/c1-14(2,3)17-9-13-4-5-19(18-13)10-11-6-12(15)8-16-7-11/h4-8,17H,9-10H2,1-3H3. The summed E-state index contributed by atoms with van der Waals surface area (Å²) in [6.45, 7) is 7.97. The van der Waals surface area contributed by atoms with E-state index < -0.39 is 0 Å². The average Bonchev–Trinajstić information content (AvgIpc) is 2.73. The molecule has 0 aromatic carbocycles. The minimum Gasteiger partial charge on any atom is -0.306 e. The number of halogens is 1. The maximum Gasteiger partial charge on any atom is 0.0762 e. The van der Waals surface area contributed by atoms with Crippen LogP contribution in [0.4, 0.5) is 0 Å². The number of hydrogen-bond acceptors (Lipinski definition) is 3. The second-order valence-electron chi connectivity index (χ2n) is 5.62. The van der Waals surface area contributed by atoms with Crippen LogP contribution < -0.4 is 5.32 Å². The van der Waals surface area contributed by atoms with Gasteiger partial charge in [0.05, 0.1) is 12.2 Å². The normalized spacial score (nSPS) is 11.8. The topological polar surface area (TPSA) is 42.7 Å². The molecule has 5 heteroatoms. The van der Waals surface area contributed by atoms with Gasteiger partial charge in [-0.25, -0.2) is 0 Å². The summed E-state index contributed by atoms with van der Waals surface area (Å²) in [5, 5.41) is 7.98. The molecule has 2 aromatic heterocycles. The van der Waals surface area contributed by atoms with Crippen LogP contribution in [0, 0.1) is 0 Å². The Morgan fingerprint density at radius 1 is 1.32 bits per heavy atom. The first-order chi connectivity index (χ1) is 8.92. The molecule has 2 heterocycles. The highest BCUT2D eigenvalue weighted by Crippen LogP contribution is 2.11. The molecule has 0 atom stereocenters. The lowest BCUT2D eigenvalue weighted by atomic mass is 10.1. The Balaban J connectivity index is 1.97. The molecule has 0 spiro atoms. The van der Waals surface area contributed by atoms with Gasteiger partial charge in [0.15, 0.2) is 0 Å². The zero-order valence-electron chi connectivity index (χ0n) is 11.5. The molecule has 0 unspecified atom stereocenters. The SMILES string of the molecule is CC(C)(C)NCc1ccn(Cc2cncc(Br)c2)n1. The van der Waals surface area contributed by atoms with Crippen molar-refractivity contribution >= 4 is 15.9 Å². The van der Waals surface area contributed by atoms with Gasteiger partial charge in [-0.2, -0.15) is 5.10 Å². The first-order valence-electron chi connectivity index (χ1n) is 6.29. The lowest BCUT2D eigenvalue weighted by Crippen LogP contribution is -2.35. The number of hydrogen-bond donors (Lipinski definition) is 1. The van der Waals surface area contributed by atoms with Crippen LogP contribution >= 0.6 is 15.9 Å². The summed E-state index contributed by atoms with van der Waals surface area (Å²) < 4.78 is 2.93. The van der Waals surface area contributed by atoms with E-state index in [-0.39, 0.29) is 5.54 Å². The molecule has 0 aliphatic heterocycles. The summed E-state index contributed by atoms with van der Waals surface area (Å²) in [5.74, 6) is 0. The predicted molar refractivity (Wildman–Crippen MR) is 79.9 cm³/mol. The molecule has 0 fully saturated rings. The van der Waals surface area contributed by atoms with Gasteiger partial charge in [0, 0.05) is 35.1 Å². The lowest BCUT2D eigenvalue weighted by Gasteiger charge is -2.19. The first-order valence-corrected chi connectivity index (χ1v) is 7.08. The van der Waals surface area contributed by atoms with E-state index >= 15 is 0 Å².